The van der Waals surface area contributed by atoms with Crippen LogP contribution in [-0.2, 0) is 9.84 Å². The minimum Gasteiger partial charge on any atom is -0.370 e. The Morgan fingerprint density at radius 2 is 1.62 bits per heavy atom. The maximum absolute atomic E-state index is 13.7. The van der Waals surface area contributed by atoms with Crippen LogP contribution in [0.2, 0.25) is 0 Å². The number of halogens is 3. The molecule has 0 aliphatic carbocycles. The SMILES string of the molecule is I.NC(=NCCS(=O)(=O)c1ccccc1F)N1CCN(c2ccc(F)cc2)CC1. The molecule has 0 aromatic heterocycles. The van der Waals surface area contributed by atoms with E-state index in [9.17, 15) is 17.2 Å². The number of nitrogens with zero attached hydrogens (tertiary/aromatic N) is 3. The molecule has 3 rings (SSSR count). The highest BCUT2D eigenvalue weighted by Gasteiger charge is 2.20. The lowest BCUT2D eigenvalue weighted by Gasteiger charge is -2.36. The van der Waals surface area contributed by atoms with Gasteiger partial charge in [-0.25, -0.2) is 17.2 Å². The van der Waals surface area contributed by atoms with Gasteiger partial charge in [-0.05, 0) is 36.4 Å². The number of benzene rings is 2. The minimum absolute atomic E-state index is 0. The van der Waals surface area contributed by atoms with Crippen LogP contribution in [0.15, 0.2) is 58.4 Å². The molecule has 0 bridgehead atoms. The number of hydrogen-bond donors (Lipinski definition) is 1. The van der Waals surface area contributed by atoms with E-state index in [2.05, 4.69) is 9.89 Å². The molecule has 2 N–H and O–H groups in total. The molecule has 0 atom stereocenters. The van der Waals surface area contributed by atoms with Crippen LogP contribution in [0.1, 0.15) is 0 Å². The first kappa shape index (κ1) is 23.3. The molecule has 2 aromatic carbocycles. The Morgan fingerprint density at radius 1 is 1.00 bits per heavy atom. The summed E-state index contributed by atoms with van der Waals surface area (Å²) in [5, 5.41) is 0. The zero-order chi connectivity index (χ0) is 20.1. The van der Waals surface area contributed by atoms with Crippen molar-refractivity contribution in [3.63, 3.8) is 0 Å². The van der Waals surface area contributed by atoms with Crippen molar-refractivity contribution in [2.75, 3.05) is 43.4 Å². The van der Waals surface area contributed by atoms with Crippen LogP contribution < -0.4 is 10.6 Å². The van der Waals surface area contributed by atoms with Crippen molar-refractivity contribution in [1.82, 2.24) is 4.90 Å². The normalized spacial score (nSPS) is 15.2. The van der Waals surface area contributed by atoms with Gasteiger partial charge >= 0.3 is 0 Å². The third kappa shape index (κ3) is 6.01. The summed E-state index contributed by atoms with van der Waals surface area (Å²) in [5.74, 6) is -1.09. The van der Waals surface area contributed by atoms with Crippen LogP contribution in [0.3, 0.4) is 0 Å². The quantitative estimate of drug-likeness (QED) is 0.361. The van der Waals surface area contributed by atoms with Gasteiger partial charge in [0.15, 0.2) is 15.8 Å². The van der Waals surface area contributed by atoms with Crippen molar-refractivity contribution in [2.45, 2.75) is 4.90 Å². The standard InChI is InChI=1S/C19H22F2N4O2S.HI/c20-15-5-7-16(8-6-15)24-10-12-25(13-11-24)19(22)23-9-14-28(26,27)18-4-2-1-3-17(18)21;/h1-8H,9-14H2,(H2,22,23);1H. The number of piperazine rings is 1. The van der Waals surface area contributed by atoms with Crippen LogP contribution >= 0.6 is 24.0 Å². The third-order valence-corrected chi connectivity index (χ3v) is 6.32. The monoisotopic (exact) mass is 536 g/mol. The molecule has 6 nitrogen and oxygen atoms in total. The number of rotatable bonds is 5. The summed E-state index contributed by atoms with van der Waals surface area (Å²) in [7, 11) is -3.76. The van der Waals surface area contributed by atoms with Gasteiger partial charge in [-0.2, -0.15) is 0 Å². The van der Waals surface area contributed by atoms with Crippen LogP contribution in [0, 0.1) is 11.6 Å². The number of guanidine groups is 1. The van der Waals surface area contributed by atoms with Crippen LogP contribution in [0.5, 0.6) is 0 Å². The van der Waals surface area contributed by atoms with Crippen molar-refractivity contribution < 1.29 is 17.2 Å². The van der Waals surface area contributed by atoms with Gasteiger partial charge < -0.3 is 15.5 Å². The molecule has 0 spiro atoms. The highest BCUT2D eigenvalue weighted by Crippen LogP contribution is 2.17. The van der Waals surface area contributed by atoms with Crippen molar-refractivity contribution in [3.05, 3.63) is 60.2 Å². The van der Waals surface area contributed by atoms with Crippen molar-refractivity contribution in [3.8, 4) is 0 Å². The largest absolute Gasteiger partial charge is 0.370 e. The first-order valence-electron chi connectivity index (χ1n) is 8.89. The van der Waals surface area contributed by atoms with Gasteiger partial charge in [0, 0.05) is 31.9 Å². The van der Waals surface area contributed by atoms with E-state index in [4.69, 9.17) is 5.73 Å². The first-order valence-corrected chi connectivity index (χ1v) is 10.5. The molecule has 29 heavy (non-hydrogen) atoms. The predicted octanol–water partition coefficient (Wildman–Crippen LogP) is 2.49. The van der Waals surface area contributed by atoms with Crippen LogP contribution in [-0.4, -0.2) is 57.8 Å². The zero-order valence-electron chi connectivity index (χ0n) is 15.7. The number of aliphatic imine (C=N–C) groups is 1. The van der Waals surface area contributed by atoms with E-state index in [0.29, 0.717) is 26.2 Å². The number of nitrogens with two attached hydrogens (primary N) is 1. The molecule has 1 fully saturated rings. The van der Waals surface area contributed by atoms with E-state index >= 15 is 0 Å². The molecule has 1 aliphatic rings. The maximum Gasteiger partial charge on any atom is 0.191 e. The van der Waals surface area contributed by atoms with Gasteiger partial charge in [-0.3, -0.25) is 4.99 Å². The summed E-state index contributed by atoms with van der Waals surface area (Å²) in [6, 6.07) is 11.6. The molecule has 0 radical (unpaired) electrons. The average Bonchev–Trinajstić information content (AvgIpc) is 2.69. The van der Waals surface area contributed by atoms with Crippen molar-refractivity contribution >= 4 is 45.5 Å². The fourth-order valence-corrected chi connectivity index (χ4v) is 4.24. The van der Waals surface area contributed by atoms with E-state index < -0.39 is 15.7 Å². The summed E-state index contributed by atoms with van der Waals surface area (Å²) in [4.78, 5) is 7.81. The molecular formula is C19H23F2IN4O2S. The number of hydrogen-bond acceptors (Lipinski definition) is 4. The van der Waals surface area contributed by atoms with Gasteiger partial charge in [-0.15, -0.1) is 24.0 Å². The second kappa shape index (κ2) is 10.2. The second-order valence-corrected chi connectivity index (χ2v) is 8.52. The molecule has 0 unspecified atom stereocenters. The first-order chi connectivity index (χ1) is 13.4. The molecule has 0 saturated carbocycles. The third-order valence-electron chi connectivity index (χ3n) is 4.60. The highest BCUT2D eigenvalue weighted by atomic mass is 127. The van der Waals surface area contributed by atoms with Gasteiger partial charge in [0.25, 0.3) is 0 Å². The Balaban J connectivity index is 0.00000300. The smallest absolute Gasteiger partial charge is 0.191 e. The second-order valence-electron chi connectivity index (χ2n) is 6.44. The van der Waals surface area contributed by atoms with Gasteiger partial charge in [0.2, 0.25) is 0 Å². The molecule has 1 aliphatic heterocycles. The topological polar surface area (TPSA) is 79.0 Å². The molecule has 10 heteroatoms. The Labute approximate surface area is 186 Å². The fourth-order valence-electron chi connectivity index (χ4n) is 3.03. The van der Waals surface area contributed by atoms with Gasteiger partial charge in [-0.1, -0.05) is 12.1 Å². The van der Waals surface area contributed by atoms with E-state index in [1.54, 1.807) is 12.1 Å². The Hall–Kier alpha value is -1.95. The molecule has 158 valence electrons. The molecular weight excluding hydrogens is 513 g/mol. The van der Waals surface area contributed by atoms with Crippen molar-refractivity contribution in [1.29, 1.82) is 0 Å². The molecule has 1 saturated heterocycles. The molecule has 1 heterocycles. The van der Waals surface area contributed by atoms with Crippen LogP contribution in [0.25, 0.3) is 0 Å². The summed E-state index contributed by atoms with van der Waals surface area (Å²) in [6.45, 7) is 2.57. The summed E-state index contributed by atoms with van der Waals surface area (Å²) in [5.41, 5.74) is 6.93. The van der Waals surface area contributed by atoms with Gasteiger partial charge in [0.1, 0.15) is 16.5 Å². The van der Waals surface area contributed by atoms with E-state index in [1.165, 1.54) is 30.3 Å². The Morgan fingerprint density at radius 3 is 2.24 bits per heavy atom. The number of anilines is 1. The van der Waals surface area contributed by atoms with Crippen molar-refractivity contribution in [2.24, 2.45) is 10.7 Å². The Bertz CT molecular complexity index is 947. The van der Waals surface area contributed by atoms with Crippen LogP contribution in [0.4, 0.5) is 14.5 Å². The zero-order valence-corrected chi connectivity index (χ0v) is 18.8. The molecule has 0 amide bonds. The lowest BCUT2D eigenvalue weighted by atomic mass is 10.2. The lowest BCUT2D eigenvalue weighted by molar-refractivity contribution is 0.381. The predicted molar refractivity (Wildman–Crippen MR) is 121 cm³/mol. The molecule has 2 aromatic rings. The van der Waals surface area contributed by atoms with E-state index in [-0.39, 0.29) is 52.9 Å². The number of sulfone groups is 1. The summed E-state index contributed by atoms with van der Waals surface area (Å²) < 4.78 is 51.2. The Kier molecular flexibility index (Phi) is 8.20. The summed E-state index contributed by atoms with van der Waals surface area (Å²) >= 11 is 0. The summed E-state index contributed by atoms with van der Waals surface area (Å²) in [6.07, 6.45) is 0. The fraction of sp³-hybridized carbons (Fsp3) is 0.316. The maximum atomic E-state index is 13.7. The minimum atomic E-state index is -3.76. The lowest BCUT2D eigenvalue weighted by Crippen LogP contribution is -2.51. The van der Waals surface area contributed by atoms with Gasteiger partial charge in [0.05, 0.1) is 12.3 Å². The average molecular weight is 536 g/mol. The van der Waals surface area contributed by atoms with E-state index in [0.717, 1.165) is 11.8 Å². The van der Waals surface area contributed by atoms with E-state index in [1.807, 2.05) is 4.90 Å². The highest BCUT2D eigenvalue weighted by molar-refractivity contribution is 14.0.